The summed E-state index contributed by atoms with van der Waals surface area (Å²) in [5, 5.41) is 0. The third-order valence-corrected chi connectivity index (χ3v) is 2.47. The lowest BCUT2D eigenvalue weighted by atomic mass is 10.2. The molecule has 0 fully saturated rings. The van der Waals surface area contributed by atoms with Crippen molar-refractivity contribution in [3.05, 3.63) is 41.8 Å². The molecule has 0 saturated carbocycles. The molecule has 0 aliphatic carbocycles. The summed E-state index contributed by atoms with van der Waals surface area (Å²) >= 11 is 0. The standard InChI is InChI=1S/C13H14FN3O3/c1-18-10-5-3-9(4-6-10)8-20-17-12-11(14)7-15-13(16-12)19-2/h3-7H,8H2,1-2H3,(H,15,16,17). The van der Waals surface area contributed by atoms with Crippen LogP contribution < -0.4 is 15.0 Å². The fourth-order valence-corrected chi connectivity index (χ4v) is 1.43. The van der Waals surface area contributed by atoms with Crippen LogP contribution >= 0.6 is 0 Å². The van der Waals surface area contributed by atoms with Gasteiger partial charge in [0.15, 0.2) is 11.6 Å². The van der Waals surface area contributed by atoms with Gasteiger partial charge in [-0.3, -0.25) is 4.84 Å². The van der Waals surface area contributed by atoms with Crippen LogP contribution in [0.3, 0.4) is 0 Å². The summed E-state index contributed by atoms with van der Waals surface area (Å²) < 4.78 is 23.2. The number of nitrogens with one attached hydrogen (secondary N) is 1. The Kier molecular flexibility index (Phi) is 4.67. The second-order valence-corrected chi connectivity index (χ2v) is 3.79. The van der Waals surface area contributed by atoms with E-state index in [0.29, 0.717) is 0 Å². The van der Waals surface area contributed by atoms with Crippen molar-refractivity contribution in [2.75, 3.05) is 19.7 Å². The molecule has 0 spiro atoms. The average molecular weight is 279 g/mol. The van der Waals surface area contributed by atoms with E-state index < -0.39 is 5.82 Å². The van der Waals surface area contributed by atoms with Crippen LogP contribution in [0.4, 0.5) is 10.2 Å². The van der Waals surface area contributed by atoms with Gasteiger partial charge in [-0.15, -0.1) is 0 Å². The van der Waals surface area contributed by atoms with E-state index >= 15 is 0 Å². The highest BCUT2D eigenvalue weighted by Crippen LogP contribution is 2.15. The Morgan fingerprint density at radius 1 is 1.15 bits per heavy atom. The van der Waals surface area contributed by atoms with E-state index in [0.717, 1.165) is 17.5 Å². The van der Waals surface area contributed by atoms with E-state index in [1.807, 2.05) is 24.3 Å². The van der Waals surface area contributed by atoms with Crippen LogP contribution in [0, 0.1) is 5.82 Å². The molecule has 0 saturated heterocycles. The van der Waals surface area contributed by atoms with E-state index in [4.69, 9.17) is 14.3 Å². The maximum Gasteiger partial charge on any atom is 0.318 e. The fourth-order valence-electron chi connectivity index (χ4n) is 1.43. The summed E-state index contributed by atoms with van der Waals surface area (Å²) in [5.74, 6) is 0.0548. The zero-order chi connectivity index (χ0) is 14.4. The van der Waals surface area contributed by atoms with Crippen molar-refractivity contribution in [3.8, 4) is 11.8 Å². The first-order chi connectivity index (χ1) is 9.72. The number of aromatic nitrogens is 2. The Labute approximate surface area is 115 Å². The zero-order valence-electron chi connectivity index (χ0n) is 11.1. The number of rotatable bonds is 6. The summed E-state index contributed by atoms with van der Waals surface area (Å²) in [6, 6.07) is 7.37. The molecule has 0 unspecified atom stereocenters. The third kappa shape index (κ3) is 3.55. The molecule has 0 atom stereocenters. The van der Waals surface area contributed by atoms with Crippen LogP contribution in [0.25, 0.3) is 0 Å². The minimum atomic E-state index is -0.625. The molecule has 0 bridgehead atoms. The first-order valence-corrected chi connectivity index (χ1v) is 5.80. The lowest BCUT2D eigenvalue weighted by molar-refractivity contribution is 0.176. The number of anilines is 1. The van der Waals surface area contributed by atoms with E-state index in [2.05, 4.69) is 15.4 Å². The van der Waals surface area contributed by atoms with Gasteiger partial charge in [-0.2, -0.15) is 4.98 Å². The van der Waals surface area contributed by atoms with Crippen molar-refractivity contribution in [1.29, 1.82) is 0 Å². The summed E-state index contributed by atoms with van der Waals surface area (Å²) in [5.41, 5.74) is 3.33. The molecule has 20 heavy (non-hydrogen) atoms. The fraction of sp³-hybridized carbons (Fsp3) is 0.231. The average Bonchev–Trinajstić information content (AvgIpc) is 2.50. The first kappa shape index (κ1) is 14.0. The Balaban J connectivity index is 1.91. The van der Waals surface area contributed by atoms with Crippen LogP contribution in [-0.2, 0) is 11.4 Å². The van der Waals surface area contributed by atoms with Gasteiger partial charge in [0.1, 0.15) is 5.75 Å². The normalized spacial score (nSPS) is 10.2. The predicted molar refractivity (Wildman–Crippen MR) is 69.9 cm³/mol. The number of ether oxygens (including phenoxy) is 2. The SMILES string of the molecule is COc1ccc(CONc2nc(OC)ncc2F)cc1. The Morgan fingerprint density at radius 3 is 2.55 bits per heavy atom. The van der Waals surface area contributed by atoms with E-state index in [1.54, 1.807) is 7.11 Å². The summed E-state index contributed by atoms with van der Waals surface area (Å²) in [7, 11) is 2.99. The van der Waals surface area contributed by atoms with Gasteiger partial charge in [-0.1, -0.05) is 12.1 Å². The van der Waals surface area contributed by atoms with Crippen LogP contribution in [0.5, 0.6) is 11.8 Å². The highest BCUT2D eigenvalue weighted by atomic mass is 19.1. The number of nitrogens with zero attached hydrogens (tertiary/aromatic N) is 2. The molecular weight excluding hydrogens is 265 g/mol. The molecule has 0 aliphatic rings. The smallest absolute Gasteiger partial charge is 0.318 e. The van der Waals surface area contributed by atoms with Crippen LogP contribution in [0.1, 0.15) is 5.56 Å². The van der Waals surface area contributed by atoms with Crippen molar-refractivity contribution in [2.45, 2.75) is 6.61 Å². The molecule has 6 nitrogen and oxygen atoms in total. The molecule has 1 aromatic heterocycles. The molecule has 2 aromatic rings. The number of benzene rings is 1. The Bertz CT molecular complexity index is 563. The highest BCUT2D eigenvalue weighted by molar-refractivity contribution is 5.33. The van der Waals surface area contributed by atoms with Gasteiger partial charge in [0.05, 0.1) is 27.0 Å². The number of hydrogen-bond donors (Lipinski definition) is 1. The maximum atomic E-state index is 13.4. The van der Waals surface area contributed by atoms with Gasteiger partial charge < -0.3 is 9.47 Å². The lowest BCUT2D eigenvalue weighted by Gasteiger charge is -2.08. The quantitative estimate of drug-likeness (QED) is 0.818. The maximum absolute atomic E-state index is 13.4. The topological polar surface area (TPSA) is 65.5 Å². The molecule has 0 radical (unpaired) electrons. The van der Waals surface area contributed by atoms with Crippen molar-refractivity contribution in [1.82, 2.24) is 9.97 Å². The zero-order valence-corrected chi connectivity index (χ0v) is 11.1. The first-order valence-electron chi connectivity index (χ1n) is 5.80. The largest absolute Gasteiger partial charge is 0.497 e. The highest BCUT2D eigenvalue weighted by Gasteiger charge is 2.07. The second-order valence-electron chi connectivity index (χ2n) is 3.79. The van der Waals surface area contributed by atoms with Gasteiger partial charge >= 0.3 is 6.01 Å². The van der Waals surface area contributed by atoms with E-state index in [1.165, 1.54) is 7.11 Å². The van der Waals surface area contributed by atoms with E-state index in [-0.39, 0.29) is 18.4 Å². The molecule has 0 amide bonds. The predicted octanol–water partition coefficient (Wildman–Crippen LogP) is 2.18. The summed E-state index contributed by atoms with van der Waals surface area (Å²) in [6.07, 6.45) is 1.00. The number of hydrogen-bond acceptors (Lipinski definition) is 6. The second kappa shape index (κ2) is 6.67. The minimum Gasteiger partial charge on any atom is -0.497 e. The van der Waals surface area contributed by atoms with Crippen LogP contribution in [-0.4, -0.2) is 24.2 Å². The monoisotopic (exact) mass is 279 g/mol. The van der Waals surface area contributed by atoms with Gasteiger partial charge in [-0.05, 0) is 17.7 Å². The van der Waals surface area contributed by atoms with Crippen molar-refractivity contribution >= 4 is 5.82 Å². The number of methoxy groups -OCH3 is 2. The molecule has 106 valence electrons. The number of halogens is 1. The van der Waals surface area contributed by atoms with Gasteiger partial charge in [-0.25, -0.2) is 14.9 Å². The van der Waals surface area contributed by atoms with Crippen LogP contribution in [0.15, 0.2) is 30.5 Å². The third-order valence-electron chi connectivity index (χ3n) is 2.47. The lowest BCUT2D eigenvalue weighted by Crippen LogP contribution is -2.06. The molecule has 7 heteroatoms. The molecule has 2 rings (SSSR count). The molecule has 1 N–H and O–H groups in total. The molecule has 1 aromatic carbocycles. The Morgan fingerprint density at radius 2 is 1.90 bits per heavy atom. The summed E-state index contributed by atoms with van der Waals surface area (Å²) in [6.45, 7) is 0.246. The van der Waals surface area contributed by atoms with Gasteiger partial charge in [0.2, 0.25) is 0 Å². The van der Waals surface area contributed by atoms with Crippen molar-refractivity contribution in [2.24, 2.45) is 0 Å². The minimum absolute atomic E-state index is 0.0574. The molecular formula is C13H14FN3O3. The molecule has 0 aliphatic heterocycles. The van der Waals surface area contributed by atoms with E-state index in [9.17, 15) is 4.39 Å². The Hall–Kier alpha value is -2.41. The van der Waals surface area contributed by atoms with Crippen molar-refractivity contribution < 1.29 is 18.7 Å². The van der Waals surface area contributed by atoms with Crippen molar-refractivity contribution in [3.63, 3.8) is 0 Å². The van der Waals surface area contributed by atoms with Gasteiger partial charge in [0, 0.05) is 0 Å². The summed E-state index contributed by atoms with van der Waals surface area (Å²) in [4.78, 5) is 12.6. The van der Waals surface area contributed by atoms with Gasteiger partial charge in [0.25, 0.3) is 0 Å². The van der Waals surface area contributed by atoms with Crippen LogP contribution in [0.2, 0.25) is 0 Å². The molecule has 1 heterocycles.